The summed E-state index contributed by atoms with van der Waals surface area (Å²) in [7, 11) is 1.64. The van der Waals surface area contributed by atoms with Gasteiger partial charge in [0.05, 0.1) is 106 Å². The van der Waals surface area contributed by atoms with Gasteiger partial charge in [0, 0.05) is 13.7 Å². The smallest absolute Gasteiger partial charge is 0.341 e. The van der Waals surface area contributed by atoms with E-state index in [2.05, 4.69) is 0 Å². The van der Waals surface area contributed by atoms with Gasteiger partial charge in [0.2, 0.25) is 0 Å². The first-order valence-electron chi connectivity index (χ1n) is 11.2. The Morgan fingerprint density at radius 3 is 0.879 bits per heavy atom. The highest BCUT2D eigenvalue weighted by Gasteiger charge is 2.23. The van der Waals surface area contributed by atoms with Crippen molar-refractivity contribution in [2.75, 3.05) is 119 Å². The van der Waals surface area contributed by atoms with Gasteiger partial charge in [0.15, 0.2) is 0 Å². The van der Waals surface area contributed by atoms with E-state index < -0.39 is 6.00 Å². The largest absolute Gasteiger partial charge is 0.382 e. The molecule has 0 aliphatic rings. The molecule has 0 aliphatic carbocycles. The van der Waals surface area contributed by atoms with E-state index in [0.717, 1.165) is 6.42 Å². The summed E-state index contributed by atoms with van der Waals surface area (Å²) in [4.78, 5) is 0. The van der Waals surface area contributed by atoms with Gasteiger partial charge in [-0.1, -0.05) is 0 Å². The van der Waals surface area contributed by atoms with E-state index in [1.807, 2.05) is 0 Å². The summed E-state index contributed by atoms with van der Waals surface area (Å²) in [5, 5.41) is 0. The third-order valence-corrected chi connectivity index (χ3v) is 6.41. The highest BCUT2D eigenvalue weighted by molar-refractivity contribution is 7.64. The molecule has 0 aromatic heterocycles. The Labute approximate surface area is 213 Å². The van der Waals surface area contributed by atoms with Crippen molar-refractivity contribution < 1.29 is 42.6 Å². The summed E-state index contributed by atoms with van der Waals surface area (Å²) in [6, 6.07) is -1.91. The van der Waals surface area contributed by atoms with Crippen LogP contribution in [0.5, 0.6) is 0 Å². The summed E-state index contributed by atoms with van der Waals surface area (Å²) >= 11 is 17.4. The Bertz CT molecular complexity index is 383. The second-order valence-corrected chi connectivity index (χ2v) is 15.9. The quantitative estimate of drug-likeness (QED) is 0.0816. The fraction of sp³-hybridized carbons (Fsp3) is 1.00. The summed E-state index contributed by atoms with van der Waals surface area (Å²) in [5.41, 5.74) is 0. The van der Waals surface area contributed by atoms with Gasteiger partial charge in [-0.2, -0.15) is 0 Å². The maximum absolute atomic E-state index is 5.79. The normalized spacial score (nSPS) is 12.0. The Morgan fingerprint density at radius 2 is 0.636 bits per heavy atom. The number of hydrogen-bond donors (Lipinski definition) is 0. The van der Waals surface area contributed by atoms with Crippen LogP contribution < -0.4 is 0 Å². The topological polar surface area (TPSA) is 83.1 Å². The van der Waals surface area contributed by atoms with Crippen molar-refractivity contribution in [2.45, 2.75) is 12.5 Å². The van der Waals surface area contributed by atoms with Crippen molar-refractivity contribution in [3.8, 4) is 0 Å². The first-order chi connectivity index (χ1) is 16.1. The molecule has 0 aromatic carbocycles. The van der Waals surface area contributed by atoms with Crippen LogP contribution in [0.15, 0.2) is 0 Å². The first kappa shape index (κ1) is 33.7. The zero-order valence-corrected chi connectivity index (χ0v) is 23.0. The molecule has 0 fully saturated rings. The van der Waals surface area contributed by atoms with E-state index in [1.165, 1.54) is 0 Å². The molecule has 33 heavy (non-hydrogen) atoms. The number of halogens is 3. The predicted molar refractivity (Wildman–Crippen MR) is 131 cm³/mol. The van der Waals surface area contributed by atoms with Crippen LogP contribution in [0.1, 0.15) is 6.42 Å². The monoisotopic (exact) mass is 558 g/mol. The van der Waals surface area contributed by atoms with E-state index in [1.54, 1.807) is 7.11 Å². The zero-order valence-electron chi connectivity index (χ0n) is 19.7. The van der Waals surface area contributed by atoms with E-state index in [-0.39, 0.29) is 0 Å². The Kier molecular flexibility index (Phi) is 27.9. The van der Waals surface area contributed by atoms with Crippen molar-refractivity contribution in [3.05, 3.63) is 0 Å². The second kappa shape index (κ2) is 27.3. The van der Waals surface area contributed by atoms with E-state index in [4.69, 9.17) is 75.9 Å². The molecule has 0 unspecified atom stereocenters. The van der Waals surface area contributed by atoms with Crippen LogP contribution in [0, 0.1) is 0 Å². The van der Waals surface area contributed by atoms with Gasteiger partial charge in [-0.3, -0.25) is 0 Å². The number of ether oxygens (including phenoxy) is 9. The fourth-order valence-corrected chi connectivity index (χ4v) is 3.91. The average Bonchev–Trinajstić information content (AvgIpc) is 2.78. The maximum atomic E-state index is 5.79. The van der Waals surface area contributed by atoms with Gasteiger partial charge in [0.25, 0.3) is 0 Å². The van der Waals surface area contributed by atoms with Gasteiger partial charge in [-0.05, 0) is 12.5 Å². The van der Waals surface area contributed by atoms with Crippen molar-refractivity contribution in [1.82, 2.24) is 0 Å². The summed E-state index contributed by atoms with van der Waals surface area (Å²) < 4.78 is 48.0. The van der Waals surface area contributed by atoms with Crippen LogP contribution in [0.3, 0.4) is 0 Å². The molecule has 200 valence electrons. The molecular formula is C20H41Cl3O9Si. The molecule has 0 saturated carbocycles. The Hall–Kier alpha value is 0.727. The van der Waals surface area contributed by atoms with Crippen LogP contribution >= 0.6 is 33.2 Å². The lowest BCUT2D eigenvalue weighted by Gasteiger charge is -2.09. The Balaban J connectivity index is 3.03. The number of methoxy groups -OCH3 is 1. The molecule has 0 heterocycles. The van der Waals surface area contributed by atoms with Crippen molar-refractivity contribution in [2.24, 2.45) is 0 Å². The minimum Gasteiger partial charge on any atom is -0.382 e. The number of rotatable bonds is 28. The van der Waals surface area contributed by atoms with E-state index in [0.29, 0.717) is 118 Å². The van der Waals surface area contributed by atoms with Gasteiger partial charge in [-0.15, -0.1) is 33.2 Å². The highest BCUT2D eigenvalue weighted by Crippen LogP contribution is 2.26. The molecule has 0 aliphatic heterocycles. The van der Waals surface area contributed by atoms with Crippen molar-refractivity contribution >= 4 is 39.2 Å². The van der Waals surface area contributed by atoms with Crippen LogP contribution in [-0.4, -0.2) is 125 Å². The third kappa shape index (κ3) is 32.7. The maximum Gasteiger partial charge on any atom is 0.341 e. The molecule has 0 bridgehead atoms. The molecule has 0 saturated heterocycles. The lowest BCUT2D eigenvalue weighted by Crippen LogP contribution is -2.15. The average molecular weight is 560 g/mol. The van der Waals surface area contributed by atoms with Crippen LogP contribution in [-0.2, 0) is 42.6 Å². The molecular weight excluding hydrogens is 519 g/mol. The molecule has 0 rings (SSSR count). The summed E-state index contributed by atoms with van der Waals surface area (Å²) in [6.07, 6.45) is 0.757. The van der Waals surface area contributed by atoms with Gasteiger partial charge < -0.3 is 42.6 Å². The lowest BCUT2D eigenvalue weighted by atomic mass is 10.5. The third-order valence-electron chi connectivity index (χ3n) is 3.78. The molecule has 0 amide bonds. The summed E-state index contributed by atoms with van der Waals surface area (Å²) in [6.45, 7) is 9.13. The standard InChI is InChI=1S/C20H41Cl3O9Si/c1-24-4-5-26-8-9-28-12-13-30-16-17-32-19-18-31-15-14-29-11-10-27-7-6-25-3-2-20-33(21,22)23/h2-20H2,1H3. The minimum atomic E-state index is -2.52. The summed E-state index contributed by atoms with van der Waals surface area (Å²) in [5.74, 6) is 0. The van der Waals surface area contributed by atoms with Crippen LogP contribution in [0.25, 0.3) is 0 Å². The van der Waals surface area contributed by atoms with Crippen LogP contribution in [0.4, 0.5) is 0 Å². The van der Waals surface area contributed by atoms with Gasteiger partial charge in [0.1, 0.15) is 0 Å². The zero-order chi connectivity index (χ0) is 24.3. The molecule has 0 aromatic rings. The fourth-order valence-electron chi connectivity index (χ4n) is 2.16. The first-order valence-corrected chi connectivity index (χ1v) is 16.5. The van der Waals surface area contributed by atoms with Crippen molar-refractivity contribution in [3.63, 3.8) is 0 Å². The molecule has 0 atom stereocenters. The molecule has 0 N–H and O–H groups in total. The van der Waals surface area contributed by atoms with E-state index >= 15 is 0 Å². The van der Waals surface area contributed by atoms with E-state index in [9.17, 15) is 0 Å². The Morgan fingerprint density at radius 1 is 0.394 bits per heavy atom. The molecule has 9 nitrogen and oxygen atoms in total. The second-order valence-electron chi connectivity index (χ2n) is 6.61. The lowest BCUT2D eigenvalue weighted by molar-refractivity contribution is -0.0242. The van der Waals surface area contributed by atoms with Gasteiger partial charge in [-0.25, -0.2) is 0 Å². The van der Waals surface area contributed by atoms with Crippen LogP contribution in [0.2, 0.25) is 6.04 Å². The molecule has 0 radical (unpaired) electrons. The SMILES string of the molecule is COCCOCCOCCOCCOCCOCCOCCOCCOCCC[Si](Cl)(Cl)Cl. The van der Waals surface area contributed by atoms with Gasteiger partial charge >= 0.3 is 6.00 Å². The predicted octanol–water partition coefficient (Wildman–Crippen LogP) is 2.81. The van der Waals surface area contributed by atoms with Crippen molar-refractivity contribution in [1.29, 1.82) is 0 Å². The minimum absolute atomic E-state index is 0.515. The molecule has 0 spiro atoms. The number of hydrogen-bond acceptors (Lipinski definition) is 9. The highest BCUT2D eigenvalue weighted by atomic mass is 35.8. The molecule has 13 heteroatoms.